The van der Waals surface area contributed by atoms with E-state index in [4.69, 9.17) is 21.1 Å². The van der Waals surface area contributed by atoms with Crippen LogP contribution in [0.2, 0.25) is 0 Å². The average molecular weight is 1640 g/mol. The summed E-state index contributed by atoms with van der Waals surface area (Å²) >= 11 is 0. The Morgan fingerprint density at radius 2 is 0.149 bits per heavy atom. The fourth-order valence-corrected chi connectivity index (χ4v) is 17.0. The maximum atomic E-state index is 7.00. The van der Waals surface area contributed by atoms with Crippen molar-refractivity contribution in [3.05, 3.63) is 16.0 Å². The minimum atomic E-state index is 0. The molecular weight excluding hydrogens is 1420 g/mol. The minimum absolute atomic E-state index is 0. The van der Waals surface area contributed by atoms with Gasteiger partial charge in [0.1, 0.15) is 0 Å². The van der Waals surface area contributed by atoms with Crippen LogP contribution >= 0.6 is 0 Å². The summed E-state index contributed by atoms with van der Waals surface area (Å²) in [6.45, 7) is 20.6. The molecule has 0 atom stereocenters. The van der Waals surface area contributed by atoms with Crippen molar-refractivity contribution in [2.75, 3.05) is 46.4 Å². The predicted molar refractivity (Wildman–Crippen MR) is 525 cm³/mol. The third kappa shape index (κ3) is 133. The van der Waals surface area contributed by atoms with E-state index in [1.807, 2.05) is 0 Å². The van der Waals surface area contributed by atoms with Crippen LogP contribution in [0.5, 0.6) is 0 Å². The summed E-state index contributed by atoms with van der Waals surface area (Å²) in [4.78, 5) is 0. The van der Waals surface area contributed by atoms with Crippen molar-refractivity contribution in [3.63, 3.8) is 0 Å². The van der Waals surface area contributed by atoms with Gasteiger partial charge in [0.25, 0.3) is 0 Å². The first-order chi connectivity index (χ1) is 56.2. The standard InChI is InChI=1S/3C36H74N.CH4O.Ti/c3*1-3-5-7-9-11-13-15-17-19-21-23-25-27-29-31-33-35-37-36-34-32-30-28-26-24-22-20-18-16-14-12-10-8-6-4-2;1-2;/h3*3-36H2,1-2H3;2H,1H3;/q3*-1;;+3. The predicted octanol–water partition coefficient (Wildman–Crippen LogP) is 41.3. The molecule has 5 heteroatoms. The number of hydrogen-bond acceptors (Lipinski definition) is 1. The molecule has 4 nitrogen and oxygen atoms in total. The molecule has 0 amide bonds. The largest absolute Gasteiger partial charge is 3.00 e. The van der Waals surface area contributed by atoms with Crippen molar-refractivity contribution in [3.8, 4) is 0 Å². The Labute approximate surface area is 742 Å². The van der Waals surface area contributed by atoms with Gasteiger partial charge in [-0.3, -0.25) is 0 Å². The van der Waals surface area contributed by atoms with Crippen LogP contribution < -0.4 is 0 Å². The second kappa shape index (κ2) is 129. The van der Waals surface area contributed by atoms with Gasteiger partial charge in [-0.2, -0.15) is 0 Å². The van der Waals surface area contributed by atoms with Gasteiger partial charge < -0.3 is 21.1 Å². The zero-order chi connectivity index (χ0) is 82.2. The Morgan fingerprint density at radius 1 is 0.0965 bits per heavy atom. The van der Waals surface area contributed by atoms with Crippen LogP contribution in [-0.2, 0) is 21.7 Å². The van der Waals surface area contributed by atoms with Crippen LogP contribution in [0.1, 0.15) is 658 Å². The summed E-state index contributed by atoms with van der Waals surface area (Å²) in [6.07, 6.45) is 139. The van der Waals surface area contributed by atoms with E-state index in [-0.39, 0.29) is 21.7 Å². The quantitative estimate of drug-likeness (QED) is 0.0479. The first-order valence-corrected chi connectivity index (χ1v) is 54.6. The maximum Gasteiger partial charge on any atom is 3.00 e. The van der Waals surface area contributed by atoms with E-state index in [0.717, 1.165) is 46.4 Å². The van der Waals surface area contributed by atoms with E-state index in [1.54, 1.807) is 0 Å². The van der Waals surface area contributed by atoms with Crippen molar-refractivity contribution < 1.29 is 26.8 Å². The van der Waals surface area contributed by atoms with Crippen molar-refractivity contribution in [1.29, 1.82) is 0 Å². The topological polar surface area (TPSA) is 62.5 Å². The van der Waals surface area contributed by atoms with Crippen molar-refractivity contribution in [2.24, 2.45) is 0 Å². The summed E-state index contributed by atoms with van der Waals surface area (Å²) in [6, 6.07) is 0. The van der Waals surface area contributed by atoms with Crippen LogP contribution in [0, 0.1) is 0 Å². The van der Waals surface area contributed by atoms with E-state index in [0.29, 0.717) is 0 Å². The van der Waals surface area contributed by atoms with Crippen LogP contribution in [-0.4, -0.2) is 51.5 Å². The van der Waals surface area contributed by atoms with E-state index >= 15 is 0 Å². The van der Waals surface area contributed by atoms with Crippen molar-refractivity contribution in [1.82, 2.24) is 0 Å². The number of aliphatic hydroxyl groups is 1. The van der Waals surface area contributed by atoms with Gasteiger partial charge in [0.15, 0.2) is 0 Å². The summed E-state index contributed by atoms with van der Waals surface area (Å²) in [5.74, 6) is 0. The second-order valence-electron chi connectivity index (χ2n) is 36.8. The van der Waals surface area contributed by atoms with E-state index < -0.39 is 0 Å². The van der Waals surface area contributed by atoms with Crippen LogP contribution in [0.4, 0.5) is 0 Å². The smallest absolute Gasteiger partial charge is 0.662 e. The summed E-state index contributed by atoms with van der Waals surface area (Å²) in [5, 5.41) is 21.3. The van der Waals surface area contributed by atoms with Gasteiger partial charge in [-0.15, -0.1) is 39.3 Å². The Morgan fingerprint density at radius 3 is 0.211 bits per heavy atom. The molecule has 0 heterocycles. The molecule has 0 aliphatic heterocycles. The number of hydrogen-bond donors (Lipinski definition) is 1. The third-order valence-corrected chi connectivity index (χ3v) is 25.0. The molecule has 0 aromatic heterocycles. The van der Waals surface area contributed by atoms with Crippen LogP contribution in [0.25, 0.3) is 16.0 Å². The molecule has 0 saturated carbocycles. The molecule has 0 saturated heterocycles. The van der Waals surface area contributed by atoms with Gasteiger partial charge in [0.05, 0.1) is 0 Å². The molecule has 0 aromatic rings. The van der Waals surface area contributed by atoms with E-state index in [9.17, 15) is 0 Å². The molecule has 687 valence electrons. The molecule has 1 N–H and O–H groups in total. The molecule has 114 heavy (non-hydrogen) atoms. The molecule has 1 radical (unpaired) electrons. The van der Waals surface area contributed by atoms with Crippen LogP contribution in [0.15, 0.2) is 0 Å². The van der Waals surface area contributed by atoms with E-state index in [2.05, 4.69) is 41.5 Å². The van der Waals surface area contributed by atoms with Crippen molar-refractivity contribution >= 4 is 0 Å². The second-order valence-corrected chi connectivity index (χ2v) is 36.8. The molecule has 0 aliphatic carbocycles. The van der Waals surface area contributed by atoms with Gasteiger partial charge >= 0.3 is 21.7 Å². The number of unbranched alkanes of at least 4 members (excludes halogenated alkanes) is 90. The fourth-order valence-electron chi connectivity index (χ4n) is 17.0. The van der Waals surface area contributed by atoms with Gasteiger partial charge in [-0.1, -0.05) is 658 Å². The van der Waals surface area contributed by atoms with Crippen molar-refractivity contribution in [2.45, 2.75) is 658 Å². The summed E-state index contributed by atoms with van der Waals surface area (Å²) < 4.78 is 0. The molecular formula is C109H226N3OTi. The molecule has 0 aliphatic rings. The third-order valence-electron chi connectivity index (χ3n) is 25.0. The zero-order valence-electron chi connectivity index (χ0n) is 81.4. The molecule has 0 unspecified atom stereocenters. The molecule has 0 spiro atoms. The van der Waals surface area contributed by atoms with Gasteiger partial charge in [-0.25, -0.2) is 0 Å². The first-order valence-electron chi connectivity index (χ1n) is 54.6. The van der Waals surface area contributed by atoms with Gasteiger partial charge in [-0.05, 0) is 0 Å². The number of aliphatic hydroxyl groups excluding tert-OH is 1. The van der Waals surface area contributed by atoms with Crippen LogP contribution in [0.3, 0.4) is 0 Å². The first kappa shape index (κ1) is 123. The molecule has 0 rings (SSSR count). The molecule has 0 aromatic carbocycles. The normalized spacial score (nSPS) is 11.3. The summed E-state index contributed by atoms with van der Waals surface area (Å²) in [7, 11) is 1.00. The fraction of sp³-hybridized carbons (Fsp3) is 1.00. The molecule has 0 fully saturated rings. The SMILES string of the molecule is CCCCCCCCCCCCCCCCCC[N-]CCCCCCCCCCCCCCCCCC.CCCCCCCCCCCCCCCCCC[N-]CCCCCCCCCCCCCCCCCC.CCCCCCCCCCCCCCCCCC[N-]CCCCCCCCCCCCCCCCCC.CO.[Ti+3]. The van der Waals surface area contributed by atoms with E-state index in [1.165, 1.54) is 616 Å². The Kier molecular flexibility index (Phi) is 139. The number of nitrogens with zero attached hydrogens (tertiary/aromatic N) is 3. The zero-order valence-corrected chi connectivity index (χ0v) is 83.0. The van der Waals surface area contributed by atoms with Gasteiger partial charge in [0, 0.05) is 7.11 Å². The number of rotatable bonds is 102. The Balaban J connectivity index is -0.000000513. The minimum Gasteiger partial charge on any atom is -0.662 e. The summed E-state index contributed by atoms with van der Waals surface area (Å²) in [5.41, 5.74) is 0. The average Bonchev–Trinajstić information content (AvgIpc) is 3.51. The molecule has 0 bridgehead atoms. The maximum absolute atomic E-state index is 7.00. The Bertz CT molecular complexity index is 1180. The Hall–Kier alpha value is 0.554. The van der Waals surface area contributed by atoms with Gasteiger partial charge in [0.2, 0.25) is 0 Å². The monoisotopic (exact) mass is 1640 g/mol.